The highest BCUT2D eigenvalue weighted by molar-refractivity contribution is 5.69. The number of fused-ring (bicyclic) bond motifs is 1. The summed E-state index contributed by atoms with van der Waals surface area (Å²) in [6, 6.07) is 4.64. The number of piperidine rings is 1. The van der Waals surface area contributed by atoms with Gasteiger partial charge in [0.2, 0.25) is 0 Å². The molecule has 1 saturated heterocycles. The SMILES string of the molecule is CC(C)(C)OC(=O)N1CC2C(C1)C2NCc1ccc[nH]1. The molecule has 2 heterocycles. The van der Waals surface area contributed by atoms with Crippen LogP contribution in [0.25, 0.3) is 0 Å². The summed E-state index contributed by atoms with van der Waals surface area (Å²) in [4.78, 5) is 17.0. The van der Waals surface area contributed by atoms with E-state index >= 15 is 0 Å². The zero-order valence-electron chi connectivity index (χ0n) is 12.3. The van der Waals surface area contributed by atoms with E-state index in [1.807, 2.05) is 37.9 Å². The van der Waals surface area contributed by atoms with Gasteiger partial charge >= 0.3 is 6.09 Å². The Bertz CT molecular complexity index is 466. The van der Waals surface area contributed by atoms with E-state index in [4.69, 9.17) is 4.74 Å². The lowest BCUT2D eigenvalue weighted by Gasteiger charge is -2.26. The van der Waals surface area contributed by atoms with E-state index in [1.54, 1.807) is 0 Å². The summed E-state index contributed by atoms with van der Waals surface area (Å²) >= 11 is 0. The Balaban J connectivity index is 1.43. The Morgan fingerprint density at radius 1 is 1.45 bits per heavy atom. The minimum atomic E-state index is -0.408. The van der Waals surface area contributed by atoms with Crippen LogP contribution >= 0.6 is 0 Å². The third-order valence-electron chi connectivity index (χ3n) is 4.04. The molecule has 0 bridgehead atoms. The van der Waals surface area contributed by atoms with Crippen LogP contribution in [0.4, 0.5) is 4.79 Å². The molecule has 2 N–H and O–H groups in total. The van der Waals surface area contributed by atoms with E-state index in [9.17, 15) is 4.79 Å². The van der Waals surface area contributed by atoms with Gasteiger partial charge in [-0.2, -0.15) is 0 Å². The van der Waals surface area contributed by atoms with E-state index in [-0.39, 0.29) is 6.09 Å². The first-order valence-corrected chi connectivity index (χ1v) is 7.27. The number of hydrogen-bond donors (Lipinski definition) is 2. The number of aromatic amines is 1. The van der Waals surface area contributed by atoms with Crippen LogP contribution in [-0.2, 0) is 11.3 Å². The molecule has 110 valence electrons. The Morgan fingerprint density at radius 2 is 2.15 bits per heavy atom. The second kappa shape index (κ2) is 4.81. The first-order chi connectivity index (χ1) is 9.44. The van der Waals surface area contributed by atoms with Crippen LogP contribution < -0.4 is 5.32 Å². The maximum Gasteiger partial charge on any atom is 0.410 e. The Kier molecular flexibility index (Phi) is 3.24. The van der Waals surface area contributed by atoms with Crippen LogP contribution in [-0.4, -0.2) is 40.7 Å². The molecule has 1 aliphatic carbocycles. The molecule has 3 rings (SSSR count). The van der Waals surface area contributed by atoms with Gasteiger partial charge in [0.25, 0.3) is 0 Å². The maximum atomic E-state index is 12.0. The fourth-order valence-electron chi connectivity index (χ4n) is 3.01. The molecule has 5 nitrogen and oxygen atoms in total. The minimum Gasteiger partial charge on any atom is -0.444 e. The standard InChI is InChI=1S/C15H23N3O2/c1-15(2,3)20-14(19)18-8-11-12(9-18)13(11)17-7-10-5-4-6-16-10/h4-6,11-13,16-17H,7-9H2,1-3H3. The fourth-order valence-corrected chi connectivity index (χ4v) is 3.01. The summed E-state index contributed by atoms with van der Waals surface area (Å²) in [5.41, 5.74) is 0.800. The van der Waals surface area contributed by atoms with Gasteiger partial charge in [0.05, 0.1) is 0 Å². The molecule has 5 heteroatoms. The quantitative estimate of drug-likeness (QED) is 0.888. The number of likely N-dealkylation sites (tertiary alicyclic amines) is 1. The van der Waals surface area contributed by atoms with Gasteiger partial charge in [-0.25, -0.2) is 4.79 Å². The topological polar surface area (TPSA) is 57.4 Å². The number of nitrogens with one attached hydrogen (secondary N) is 2. The van der Waals surface area contributed by atoms with E-state index in [0.29, 0.717) is 17.9 Å². The van der Waals surface area contributed by atoms with Crippen molar-refractivity contribution in [2.75, 3.05) is 13.1 Å². The molecule has 2 atom stereocenters. The molecule has 0 aromatic carbocycles. The molecule has 0 radical (unpaired) electrons. The van der Waals surface area contributed by atoms with Crippen molar-refractivity contribution in [1.82, 2.24) is 15.2 Å². The van der Waals surface area contributed by atoms with Crippen molar-refractivity contribution in [2.24, 2.45) is 11.8 Å². The van der Waals surface area contributed by atoms with Gasteiger partial charge in [0.15, 0.2) is 0 Å². The number of carbonyl (C=O) groups is 1. The van der Waals surface area contributed by atoms with Gasteiger partial charge < -0.3 is 19.9 Å². The highest BCUT2D eigenvalue weighted by Crippen LogP contribution is 2.45. The zero-order chi connectivity index (χ0) is 14.3. The molecular formula is C15H23N3O2. The van der Waals surface area contributed by atoms with Crippen LogP contribution in [0.2, 0.25) is 0 Å². The highest BCUT2D eigenvalue weighted by atomic mass is 16.6. The van der Waals surface area contributed by atoms with Gasteiger partial charge in [0.1, 0.15) is 5.60 Å². The third kappa shape index (κ3) is 2.82. The van der Waals surface area contributed by atoms with Crippen molar-refractivity contribution in [3.8, 4) is 0 Å². The van der Waals surface area contributed by atoms with Crippen molar-refractivity contribution >= 4 is 6.09 Å². The van der Waals surface area contributed by atoms with Gasteiger partial charge in [-0.15, -0.1) is 0 Å². The molecular weight excluding hydrogens is 254 g/mol. The summed E-state index contributed by atoms with van der Waals surface area (Å²) in [5.74, 6) is 1.19. The molecule has 2 unspecified atom stereocenters. The summed E-state index contributed by atoms with van der Waals surface area (Å²) < 4.78 is 5.41. The molecule has 1 saturated carbocycles. The molecule has 1 aromatic heterocycles. The maximum absolute atomic E-state index is 12.0. The van der Waals surface area contributed by atoms with E-state index in [0.717, 1.165) is 19.6 Å². The molecule has 1 aromatic rings. The van der Waals surface area contributed by atoms with Crippen LogP contribution in [0.15, 0.2) is 18.3 Å². The predicted molar refractivity (Wildman–Crippen MR) is 76.2 cm³/mol. The summed E-state index contributed by atoms with van der Waals surface area (Å²) in [6.45, 7) is 8.23. The first kappa shape index (κ1) is 13.5. The van der Waals surface area contributed by atoms with E-state index in [1.165, 1.54) is 5.69 Å². The Morgan fingerprint density at radius 3 is 2.70 bits per heavy atom. The average molecular weight is 277 g/mol. The molecule has 1 aliphatic heterocycles. The van der Waals surface area contributed by atoms with Gasteiger partial charge in [-0.1, -0.05) is 0 Å². The van der Waals surface area contributed by atoms with Gasteiger partial charge in [0, 0.05) is 37.6 Å². The number of H-pyrrole nitrogens is 1. The number of amides is 1. The highest BCUT2D eigenvalue weighted by Gasteiger charge is 2.56. The molecule has 0 spiro atoms. The molecule has 2 aliphatic rings. The van der Waals surface area contributed by atoms with E-state index < -0.39 is 5.60 Å². The van der Waals surface area contributed by atoms with Crippen molar-refractivity contribution in [3.05, 3.63) is 24.0 Å². The molecule has 2 fully saturated rings. The lowest BCUT2D eigenvalue weighted by Crippen LogP contribution is -2.39. The molecule has 1 amide bonds. The second-order valence-corrected chi connectivity index (χ2v) is 6.82. The predicted octanol–water partition coefficient (Wildman–Crippen LogP) is 1.97. The van der Waals surface area contributed by atoms with Crippen molar-refractivity contribution in [1.29, 1.82) is 0 Å². The Hall–Kier alpha value is -1.49. The number of aromatic nitrogens is 1. The van der Waals surface area contributed by atoms with Crippen molar-refractivity contribution < 1.29 is 9.53 Å². The second-order valence-electron chi connectivity index (χ2n) is 6.82. The van der Waals surface area contributed by atoms with Crippen LogP contribution in [0.3, 0.4) is 0 Å². The van der Waals surface area contributed by atoms with Gasteiger partial charge in [-0.3, -0.25) is 0 Å². The zero-order valence-corrected chi connectivity index (χ0v) is 12.3. The largest absolute Gasteiger partial charge is 0.444 e. The smallest absolute Gasteiger partial charge is 0.410 e. The van der Waals surface area contributed by atoms with Crippen molar-refractivity contribution in [3.63, 3.8) is 0 Å². The monoisotopic (exact) mass is 277 g/mol. The number of ether oxygens (including phenoxy) is 1. The first-order valence-electron chi connectivity index (χ1n) is 7.27. The fraction of sp³-hybridized carbons (Fsp3) is 0.667. The van der Waals surface area contributed by atoms with Crippen molar-refractivity contribution in [2.45, 2.75) is 39.0 Å². The molecule has 20 heavy (non-hydrogen) atoms. The number of carbonyl (C=O) groups excluding carboxylic acids is 1. The summed E-state index contributed by atoms with van der Waals surface area (Å²) in [5, 5.41) is 3.56. The normalized spacial score (nSPS) is 28.4. The summed E-state index contributed by atoms with van der Waals surface area (Å²) in [6.07, 6.45) is 1.77. The third-order valence-corrected chi connectivity index (χ3v) is 4.04. The Labute approximate surface area is 119 Å². The number of rotatable bonds is 3. The number of hydrogen-bond acceptors (Lipinski definition) is 3. The lowest BCUT2D eigenvalue weighted by atomic mass is 10.2. The number of nitrogens with zero attached hydrogens (tertiary/aromatic N) is 1. The van der Waals surface area contributed by atoms with Crippen LogP contribution in [0.1, 0.15) is 26.5 Å². The van der Waals surface area contributed by atoms with Crippen LogP contribution in [0, 0.1) is 11.8 Å². The van der Waals surface area contributed by atoms with E-state index in [2.05, 4.69) is 16.4 Å². The summed E-state index contributed by atoms with van der Waals surface area (Å²) in [7, 11) is 0. The lowest BCUT2D eigenvalue weighted by molar-refractivity contribution is 0.0269. The average Bonchev–Trinajstić information content (AvgIpc) is 2.78. The van der Waals surface area contributed by atoms with Gasteiger partial charge in [-0.05, 0) is 44.7 Å². The van der Waals surface area contributed by atoms with Crippen LogP contribution in [0.5, 0.6) is 0 Å². The minimum absolute atomic E-state index is 0.173.